The van der Waals surface area contributed by atoms with Crippen LogP contribution in [0.1, 0.15) is 16.1 Å². The number of carbonyl (C=O) groups excluding carboxylic acids is 1. The van der Waals surface area contributed by atoms with Crippen molar-refractivity contribution in [2.24, 2.45) is 0 Å². The third kappa shape index (κ3) is 4.78. The first kappa shape index (κ1) is 21.1. The number of nitrogens with zero attached hydrogens (tertiary/aromatic N) is 2. The molecule has 0 aliphatic heterocycles. The molecule has 0 bridgehead atoms. The summed E-state index contributed by atoms with van der Waals surface area (Å²) in [4.78, 5) is 17.2. The lowest BCUT2D eigenvalue weighted by Crippen LogP contribution is -2.26. The van der Waals surface area contributed by atoms with Gasteiger partial charge in [-0.15, -0.1) is 11.3 Å². The van der Waals surface area contributed by atoms with E-state index >= 15 is 0 Å². The number of thiazole rings is 1. The van der Waals surface area contributed by atoms with E-state index in [0.717, 1.165) is 45.9 Å². The van der Waals surface area contributed by atoms with Crippen LogP contribution in [0.5, 0.6) is 5.75 Å². The third-order valence-corrected chi connectivity index (χ3v) is 5.98. The lowest BCUT2D eigenvalue weighted by Gasteiger charge is -2.08. The number of fused-ring (bicyclic) bond motifs is 1. The fourth-order valence-electron chi connectivity index (χ4n) is 3.55. The quantitative estimate of drug-likeness (QED) is 0.423. The van der Waals surface area contributed by atoms with Gasteiger partial charge in [-0.25, -0.2) is 4.98 Å². The summed E-state index contributed by atoms with van der Waals surface area (Å²) in [5.41, 5.74) is 3.68. The third-order valence-electron chi connectivity index (χ3n) is 5.12. The topological polar surface area (TPSA) is 65.4 Å². The highest BCUT2D eigenvalue weighted by molar-refractivity contribution is 7.13. The summed E-state index contributed by atoms with van der Waals surface area (Å²) in [7, 11) is 3.35. The first-order chi connectivity index (χ1) is 15.2. The summed E-state index contributed by atoms with van der Waals surface area (Å²) >= 11 is 1.48. The molecule has 0 unspecified atom stereocenters. The fraction of sp³-hybridized carbons (Fsp3) is 0.250. The Morgan fingerprint density at radius 1 is 1.13 bits per heavy atom. The van der Waals surface area contributed by atoms with Crippen LogP contribution < -0.4 is 10.1 Å². The van der Waals surface area contributed by atoms with Gasteiger partial charge in [0.2, 0.25) is 0 Å². The molecule has 0 aliphatic carbocycles. The van der Waals surface area contributed by atoms with Gasteiger partial charge in [-0.1, -0.05) is 30.3 Å². The van der Waals surface area contributed by atoms with Crippen LogP contribution in [0.25, 0.3) is 21.6 Å². The Morgan fingerprint density at radius 3 is 2.84 bits per heavy atom. The number of ether oxygens (including phenoxy) is 2. The number of rotatable bonds is 9. The van der Waals surface area contributed by atoms with Gasteiger partial charge >= 0.3 is 0 Å². The molecule has 31 heavy (non-hydrogen) atoms. The fourth-order valence-corrected chi connectivity index (χ4v) is 4.37. The smallest absolute Gasteiger partial charge is 0.270 e. The number of amides is 1. The van der Waals surface area contributed by atoms with E-state index < -0.39 is 0 Å². The van der Waals surface area contributed by atoms with Crippen LogP contribution in [0.2, 0.25) is 0 Å². The minimum Gasteiger partial charge on any atom is -0.497 e. The second-order valence-electron chi connectivity index (χ2n) is 7.13. The van der Waals surface area contributed by atoms with Crippen molar-refractivity contribution in [3.8, 4) is 16.5 Å². The Bertz CT molecular complexity index is 1180. The Labute approximate surface area is 185 Å². The predicted octanol–water partition coefficient (Wildman–Crippen LogP) is 4.39. The van der Waals surface area contributed by atoms with Gasteiger partial charge in [0, 0.05) is 36.5 Å². The zero-order valence-electron chi connectivity index (χ0n) is 17.6. The number of carbonyl (C=O) groups is 1. The van der Waals surface area contributed by atoms with Gasteiger partial charge in [0.05, 0.1) is 19.4 Å². The zero-order chi connectivity index (χ0) is 21.6. The Kier molecular flexibility index (Phi) is 6.64. The van der Waals surface area contributed by atoms with Crippen molar-refractivity contribution in [2.45, 2.75) is 13.0 Å². The molecule has 1 N–H and O–H groups in total. The molecule has 0 aliphatic rings. The first-order valence-electron chi connectivity index (χ1n) is 10.1. The van der Waals surface area contributed by atoms with Crippen molar-refractivity contribution in [2.75, 3.05) is 27.4 Å². The number of nitrogens with one attached hydrogen (secondary N) is 1. The molecule has 0 atom stereocenters. The molecule has 0 saturated carbocycles. The van der Waals surface area contributed by atoms with E-state index in [1.54, 1.807) is 14.2 Å². The summed E-state index contributed by atoms with van der Waals surface area (Å²) in [6.45, 7) is 1.86. The zero-order valence-corrected chi connectivity index (χ0v) is 18.4. The molecule has 6 nitrogen and oxygen atoms in total. The lowest BCUT2D eigenvalue weighted by molar-refractivity contribution is 0.0950. The van der Waals surface area contributed by atoms with Crippen molar-refractivity contribution in [1.82, 2.24) is 14.9 Å². The van der Waals surface area contributed by atoms with Crippen LogP contribution >= 0.6 is 11.3 Å². The van der Waals surface area contributed by atoms with Crippen LogP contribution in [-0.2, 0) is 17.7 Å². The average molecular weight is 436 g/mol. The molecule has 2 aromatic heterocycles. The normalized spacial score (nSPS) is 11.0. The molecule has 0 spiro atoms. The lowest BCUT2D eigenvalue weighted by atomic mass is 10.1. The van der Waals surface area contributed by atoms with E-state index in [9.17, 15) is 4.79 Å². The van der Waals surface area contributed by atoms with Crippen LogP contribution in [-0.4, -0.2) is 42.8 Å². The molecular formula is C24H25N3O3S. The molecular weight excluding hydrogens is 410 g/mol. The van der Waals surface area contributed by atoms with Gasteiger partial charge in [-0.3, -0.25) is 4.79 Å². The maximum Gasteiger partial charge on any atom is 0.270 e. The summed E-state index contributed by atoms with van der Waals surface area (Å²) < 4.78 is 12.7. The van der Waals surface area contributed by atoms with Gasteiger partial charge in [0.1, 0.15) is 16.5 Å². The second kappa shape index (κ2) is 9.76. The monoisotopic (exact) mass is 435 g/mol. The van der Waals surface area contributed by atoms with E-state index in [1.807, 2.05) is 41.8 Å². The van der Waals surface area contributed by atoms with Crippen LogP contribution in [0.4, 0.5) is 0 Å². The summed E-state index contributed by atoms with van der Waals surface area (Å²) in [5.74, 6) is 0.654. The summed E-state index contributed by atoms with van der Waals surface area (Å²) in [6.07, 6.45) is 0.727. The molecule has 2 heterocycles. The molecule has 160 valence electrons. The van der Waals surface area contributed by atoms with Crippen LogP contribution in [0.3, 0.4) is 0 Å². The minimum atomic E-state index is -0.162. The van der Waals surface area contributed by atoms with Crippen molar-refractivity contribution in [3.05, 3.63) is 71.2 Å². The summed E-state index contributed by atoms with van der Waals surface area (Å²) in [6, 6.07) is 18.2. The van der Waals surface area contributed by atoms with Gasteiger partial charge in [-0.2, -0.15) is 0 Å². The number of para-hydroxylation sites is 1. The SMILES string of the molecule is COCCn1c(-c2nc(C(=O)NCCc3cccc(OC)c3)cs2)cc2ccccc21. The molecule has 2 aromatic carbocycles. The molecule has 0 radical (unpaired) electrons. The second-order valence-corrected chi connectivity index (χ2v) is 7.99. The van der Waals surface area contributed by atoms with Crippen molar-refractivity contribution in [1.29, 1.82) is 0 Å². The van der Waals surface area contributed by atoms with Gasteiger partial charge in [0.15, 0.2) is 0 Å². The average Bonchev–Trinajstić information content (AvgIpc) is 3.43. The molecule has 4 aromatic rings. The maximum absolute atomic E-state index is 12.6. The Balaban J connectivity index is 1.47. The van der Waals surface area contributed by atoms with Crippen LogP contribution in [0, 0.1) is 0 Å². The highest BCUT2D eigenvalue weighted by atomic mass is 32.1. The minimum absolute atomic E-state index is 0.162. The van der Waals surface area contributed by atoms with E-state index in [-0.39, 0.29) is 5.91 Å². The standard InChI is InChI=1S/C24H25N3O3S/c1-29-13-12-27-21-9-4-3-7-18(21)15-22(27)24-26-20(16-31-24)23(28)25-11-10-17-6-5-8-19(14-17)30-2/h3-9,14-16H,10-13H2,1-2H3,(H,25,28). The molecule has 0 saturated heterocycles. The maximum atomic E-state index is 12.6. The molecule has 0 fully saturated rings. The number of hydrogen-bond donors (Lipinski definition) is 1. The highest BCUT2D eigenvalue weighted by Crippen LogP contribution is 2.30. The predicted molar refractivity (Wildman–Crippen MR) is 124 cm³/mol. The molecule has 4 rings (SSSR count). The van der Waals surface area contributed by atoms with Crippen molar-refractivity contribution >= 4 is 28.1 Å². The highest BCUT2D eigenvalue weighted by Gasteiger charge is 2.16. The van der Waals surface area contributed by atoms with E-state index in [0.29, 0.717) is 18.8 Å². The van der Waals surface area contributed by atoms with Crippen molar-refractivity contribution < 1.29 is 14.3 Å². The molecule has 1 amide bonds. The van der Waals surface area contributed by atoms with Gasteiger partial charge in [-0.05, 0) is 36.2 Å². The summed E-state index contributed by atoms with van der Waals surface area (Å²) in [5, 5.41) is 6.75. The number of benzene rings is 2. The Hall–Kier alpha value is -3.16. The van der Waals surface area contributed by atoms with Gasteiger partial charge < -0.3 is 19.4 Å². The van der Waals surface area contributed by atoms with Crippen molar-refractivity contribution in [3.63, 3.8) is 0 Å². The number of methoxy groups -OCH3 is 2. The first-order valence-corrected chi connectivity index (χ1v) is 11.0. The number of hydrogen-bond acceptors (Lipinski definition) is 5. The molecule has 7 heteroatoms. The Morgan fingerprint density at radius 2 is 2.00 bits per heavy atom. The van der Waals surface area contributed by atoms with E-state index in [2.05, 4.69) is 33.1 Å². The van der Waals surface area contributed by atoms with E-state index in [4.69, 9.17) is 9.47 Å². The largest absolute Gasteiger partial charge is 0.497 e. The van der Waals surface area contributed by atoms with Crippen LogP contribution in [0.15, 0.2) is 60.0 Å². The van der Waals surface area contributed by atoms with E-state index in [1.165, 1.54) is 11.3 Å². The van der Waals surface area contributed by atoms with Gasteiger partial charge in [0.25, 0.3) is 5.91 Å². The number of aromatic nitrogens is 2.